The molecule has 0 fully saturated rings. The molecule has 0 aromatic heterocycles. The minimum absolute atomic E-state index is 0.0136. The van der Waals surface area contributed by atoms with Crippen molar-refractivity contribution in [3.8, 4) is 11.8 Å². The molecule has 3 aromatic carbocycles. The van der Waals surface area contributed by atoms with Gasteiger partial charge in [0.25, 0.3) is 11.8 Å². The lowest BCUT2D eigenvalue weighted by molar-refractivity contribution is -0.123. The number of carbonyl (C=O) groups is 3. The van der Waals surface area contributed by atoms with E-state index in [1.807, 2.05) is 13.0 Å². The van der Waals surface area contributed by atoms with Crippen LogP contribution in [0.15, 0.2) is 72.8 Å². The number of halogens is 2. The molecule has 5 N–H and O–H groups in total. The van der Waals surface area contributed by atoms with E-state index in [1.165, 1.54) is 18.2 Å². The van der Waals surface area contributed by atoms with Crippen molar-refractivity contribution in [1.82, 2.24) is 10.6 Å². The number of benzene rings is 3. The van der Waals surface area contributed by atoms with Crippen LogP contribution in [-0.4, -0.2) is 46.9 Å². The van der Waals surface area contributed by atoms with Gasteiger partial charge in [-0.2, -0.15) is 0 Å². The third-order valence-corrected chi connectivity index (χ3v) is 6.35. The highest BCUT2D eigenvalue weighted by atomic mass is 35.5. The number of amides is 3. The van der Waals surface area contributed by atoms with E-state index in [0.717, 1.165) is 5.56 Å². The summed E-state index contributed by atoms with van der Waals surface area (Å²) in [6.07, 6.45) is 0.694. The number of carbonyl (C=O) groups excluding carboxylic acids is 3. The lowest BCUT2D eigenvalue weighted by Gasteiger charge is -2.24. The summed E-state index contributed by atoms with van der Waals surface area (Å²) in [5, 5.41) is 28.4. The first-order valence-electron chi connectivity index (χ1n) is 12.5. The van der Waals surface area contributed by atoms with E-state index in [0.29, 0.717) is 17.7 Å². The number of anilines is 1. The van der Waals surface area contributed by atoms with Crippen LogP contribution in [0, 0.1) is 11.8 Å². The normalized spacial score (nSPS) is 11.8. The van der Waals surface area contributed by atoms with Gasteiger partial charge in [-0.25, -0.2) is 0 Å². The largest absolute Gasteiger partial charge is 0.475 e. The lowest BCUT2D eigenvalue weighted by atomic mass is 9.75. The van der Waals surface area contributed by atoms with Gasteiger partial charge in [-0.05, 0) is 53.8 Å². The predicted octanol–water partition coefficient (Wildman–Crippen LogP) is 3.43. The standard InChI is InChI=1S/C29H28BCl2N3O5/c1-2-3-12-27(36)33-22-11-7-10-20(15-22)16-25(34-28(37)23-18-21(31)13-14-24(23)32)29(38)35-26(30(39)40)17-19-8-5-4-6-9-19/h4-11,13-15,18,25-26,39-40H,2,16-17H2,1H3,(H,33,36)(H,34,37)(H,35,38)/t25-,26-/m0/s1. The summed E-state index contributed by atoms with van der Waals surface area (Å²) in [4.78, 5) is 38.6. The molecule has 0 aliphatic rings. The van der Waals surface area contributed by atoms with Gasteiger partial charge >= 0.3 is 7.12 Å². The minimum atomic E-state index is -1.86. The third kappa shape index (κ3) is 9.43. The highest BCUT2D eigenvalue weighted by molar-refractivity contribution is 6.43. The van der Waals surface area contributed by atoms with Crippen LogP contribution < -0.4 is 16.0 Å². The Kier molecular flexibility index (Phi) is 11.6. The number of nitrogens with one attached hydrogen (secondary N) is 3. The zero-order chi connectivity index (χ0) is 29.1. The van der Waals surface area contributed by atoms with Crippen LogP contribution in [0.3, 0.4) is 0 Å². The molecule has 3 amide bonds. The fourth-order valence-electron chi connectivity index (χ4n) is 3.84. The number of hydrogen-bond acceptors (Lipinski definition) is 5. The molecule has 2 atom stereocenters. The molecule has 3 aromatic rings. The maximum absolute atomic E-state index is 13.5. The van der Waals surface area contributed by atoms with E-state index in [-0.39, 0.29) is 28.5 Å². The van der Waals surface area contributed by atoms with E-state index in [1.54, 1.807) is 48.5 Å². The molecule has 0 spiro atoms. The first-order chi connectivity index (χ1) is 19.2. The smallest absolute Gasteiger partial charge is 0.426 e. The van der Waals surface area contributed by atoms with Crippen molar-refractivity contribution < 1.29 is 24.4 Å². The average molecular weight is 580 g/mol. The molecule has 0 heterocycles. The van der Waals surface area contributed by atoms with E-state index < -0.39 is 36.8 Å². The van der Waals surface area contributed by atoms with Crippen molar-refractivity contribution >= 4 is 53.7 Å². The Bertz CT molecular complexity index is 1410. The molecule has 0 saturated carbocycles. The van der Waals surface area contributed by atoms with Gasteiger partial charge in [0, 0.05) is 23.6 Å². The van der Waals surface area contributed by atoms with Gasteiger partial charge in [0.1, 0.15) is 6.04 Å². The Morgan fingerprint density at radius 3 is 2.33 bits per heavy atom. The van der Waals surface area contributed by atoms with Crippen molar-refractivity contribution in [1.29, 1.82) is 0 Å². The van der Waals surface area contributed by atoms with E-state index in [2.05, 4.69) is 27.8 Å². The Labute approximate surface area is 243 Å². The van der Waals surface area contributed by atoms with Gasteiger partial charge < -0.3 is 26.0 Å². The summed E-state index contributed by atoms with van der Waals surface area (Å²) in [6, 6.07) is 19.0. The summed E-state index contributed by atoms with van der Waals surface area (Å²) in [5.41, 5.74) is 1.93. The number of hydrogen-bond donors (Lipinski definition) is 5. The molecule has 8 nitrogen and oxygen atoms in total. The molecular weight excluding hydrogens is 552 g/mol. The van der Waals surface area contributed by atoms with Crippen molar-refractivity contribution in [2.24, 2.45) is 0 Å². The Hall–Kier alpha value is -3.81. The van der Waals surface area contributed by atoms with Gasteiger partial charge in [-0.15, -0.1) is 0 Å². The van der Waals surface area contributed by atoms with Crippen LogP contribution in [0.25, 0.3) is 0 Å². The summed E-state index contributed by atoms with van der Waals surface area (Å²) < 4.78 is 0. The predicted molar refractivity (Wildman–Crippen MR) is 157 cm³/mol. The first kappa shape index (κ1) is 30.7. The van der Waals surface area contributed by atoms with Gasteiger partial charge in [-0.1, -0.05) is 78.5 Å². The Morgan fingerprint density at radius 1 is 0.900 bits per heavy atom. The fourth-order valence-corrected chi connectivity index (χ4v) is 4.22. The molecule has 11 heteroatoms. The van der Waals surface area contributed by atoms with Crippen LogP contribution >= 0.6 is 23.2 Å². The highest BCUT2D eigenvalue weighted by Crippen LogP contribution is 2.21. The highest BCUT2D eigenvalue weighted by Gasteiger charge is 2.30. The SMILES string of the molecule is CCC#CC(=O)Nc1cccc(C[C@H](NC(=O)c2cc(Cl)ccc2Cl)C(=O)N[C@@H](Cc2ccccc2)B(O)O)c1. The van der Waals surface area contributed by atoms with Gasteiger partial charge in [0.15, 0.2) is 0 Å². The van der Waals surface area contributed by atoms with Crippen molar-refractivity contribution in [2.75, 3.05) is 5.32 Å². The van der Waals surface area contributed by atoms with E-state index in [4.69, 9.17) is 23.2 Å². The van der Waals surface area contributed by atoms with Crippen LogP contribution in [-0.2, 0) is 22.4 Å². The van der Waals surface area contributed by atoms with Gasteiger partial charge in [0.2, 0.25) is 5.91 Å². The first-order valence-corrected chi connectivity index (χ1v) is 13.3. The molecule has 0 unspecified atom stereocenters. The molecule has 0 radical (unpaired) electrons. The molecule has 40 heavy (non-hydrogen) atoms. The number of rotatable bonds is 10. The topological polar surface area (TPSA) is 128 Å². The van der Waals surface area contributed by atoms with Crippen molar-refractivity contribution in [3.63, 3.8) is 0 Å². The summed E-state index contributed by atoms with van der Waals surface area (Å²) in [7, 11) is -1.86. The zero-order valence-electron chi connectivity index (χ0n) is 21.7. The lowest BCUT2D eigenvalue weighted by Crippen LogP contribution is -2.55. The Balaban J connectivity index is 1.85. The second-order valence-electron chi connectivity index (χ2n) is 8.88. The molecule has 0 aliphatic heterocycles. The minimum Gasteiger partial charge on any atom is -0.426 e. The molecular formula is C29H28BCl2N3O5. The molecule has 0 aliphatic carbocycles. The third-order valence-electron chi connectivity index (χ3n) is 5.78. The monoisotopic (exact) mass is 579 g/mol. The summed E-state index contributed by atoms with van der Waals surface area (Å²) >= 11 is 12.2. The van der Waals surface area contributed by atoms with Crippen LogP contribution in [0.5, 0.6) is 0 Å². The Morgan fingerprint density at radius 2 is 1.62 bits per heavy atom. The summed E-state index contributed by atoms with van der Waals surface area (Å²) in [6.45, 7) is 1.83. The maximum Gasteiger partial charge on any atom is 0.475 e. The van der Waals surface area contributed by atoms with Crippen molar-refractivity contribution in [3.05, 3.63) is 99.5 Å². The second-order valence-corrected chi connectivity index (χ2v) is 9.73. The van der Waals surface area contributed by atoms with E-state index in [9.17, 15) is 24.4 Å². The second kappa shape index (κ2) is 15.1. The van der Waals surface area contributed by atoms with Crippen molar-refractivity contribution in [2.45, 2.75) is 38.2 Å². The quantitative estimate of drug-likeness (QED) is 0.186. The van der Waals surface area contributed by atoms with Crippen LogP contribution in [0.2, 0.25) is 10.0 Å². The average Bonchev–Trinajstić information content (AvgIpc) is 2.93. The van der Waals surface area contributed by atoms with Gasteiger partial charge in [-0.3, -0.25) is 14.4 Å². The maximum atomic E-state index is 13.5. The molecule has 0 saturated heterocycles. The zero-order valence-corrected chi connectivity index (χ0v) is 23.2. The van der Waals surface area contributed by atoms with Crippen LogP contribution in [0.4, 0.5) is 5.69 Å². The molecule has 206 valence electrons. The molecule has 3 rings (SSSR count). The van der Waals surface area contributed by atoms with Crippen LogP contribution in [0.1, 0.15) is 34.8 Å². The molecule has 0 bridgehead atoms. The summed E-state index contributed by atoms with van der Waals surface area (Å²) in [5.74, 6) is 2.36. The fraction of sp³-hybridized carbons (Fsp3) is 0.207. The van der Waals surface area contributed by atoms with Gasteiger partial charge in [0.05, 0.1) is 16.5 Å². The van der Waals surface area contributed by atoms with E-state index >= 15 is 0 Å².